The van der Waals surface area contributed by atoms with Gasteiger partial charge in [-0.05, 0) is 42.7 Å². The molecule has 0 aromatic carbocycles. The van der Waals surface area contributed by atoms with Crippen molar-refractivity contribution < 1.29 is 15.0 Å². The van der Waals surface area contributed by atoms with E-state index in [2.05, 4.69) is 19.9 Å². The van der Waals surface area contributed by atoms with Crippen molar-refractivity contribution in [2.24, 2.45) is 10.8 Å². The second-order valence-corrected chi connectivity index (χ2v) is 6.26. The van der Waals surface area contributed by atoms with Crippen LogP contribution in [0.4, 0.5) is 0 Å². The Hall–Kier alpha value is -1.09. The van der Waals surface area contributed by atoms with Crippen LogP contribution >= 0.6 is 0 Å². The fraction of sp³-hybridized carbons (Fsp3) is 0.667. The van der Waals surface area contributed by atoms with Crippen LogP contribution in [0.3, 0.4) is 0 Å². The van der Waals surface area contributed by atoms with Gasteiger partial charge in [-0.15, -0.1) is 0 Å². The molecule has 0 saturated carbocycles. The third-order valence-corrected chi connectivity index (χ3v) is 5.05. The second-order valence-electron chi connectivity index (χ2n) is 6.26. The summed E-state index contributed by atoms with van der Waals surface area (Å²) in [5.41, 5.74) is 1.62. The molecule has 18 heavy (non-hydrogen) atoms. The molecule has 1 spiro atoms. The first-order valence-electron chi connectivity index (χ1n) is 6.56. The van der Waals surface area contributed by atoms with Gasteiger partial charge in [0.2, 0.25) is 0 Å². The molecule has 3 heteroatoms. The van der Waals surface area contributed by atoms with Gasteiger partial charge in [0.15, 0.2) is 11.5 Å². The molecule has 2 N–H and O–H groups in total. The average Bonchev–Trinajstić information content (AvgIpc) is 2.34. The maximum atomic E-state index is 11.8. The standard InChI is InChI=1S/C15H22O3/c1-10-13(18)12(17)8-14(2,3)15(10)6-4-11(9-16)5-7-15/h4,16,18H,5-9H2,1-3H3. The van der Waals surface area contributed by atoms with Gasteiger partial charge in [-0.1, -0.05) is 19.9 Å². The van der Waals surface area contributed by atoms with E-state index in [0.29, 0.717) is 6.42 Å². The molecule has 0 fully saturated rings. The molecule has 1 unspecified atom stereocenters. The number of hydrogen-bond acceptors (Lipinski definition) is 3. The smallest absolute Gasteiger partial charge is 0.197 e. The summed E-state index contributed by atoms with van der Waals surface area (Å²) in [7, 11) is 0. The summed E-state index contributed by atoms with van der Waals surface area (Å²) in [5, 5.41) is 19.2. The Labute approximate surface area is 108 Å². The van der Waals surface area contributed by atoms with E-state index >= 15 is 0 Å². The molecule has 0 radical (unpaired) electrons. The lowest BCUT2D eigenvalue weighted by atomic mass is 9.52. The summed E-state index contributed by atoms with van der Waals surface area (Å²) in [6.45, 7) is 6.22. The molecule has 2 aliphatic rings. The summed E-state index contributed by atoms with van der Waals surface area (Å²) < 4.78 is 0. The van der Waals surface area contributed by atoms with Gasteiger partial charge in [0, 0.05) is 11.8 Å². The van der Waals surface area contributed by atoms with Crippen LogP contribution in [0.25, 0.3) is 0 Å². The first kappa shape index (κ1) is 13.3. The highest BCUT2D eigenvalue weighted by atomic mass is 16.3. The third-order valence-electron chi connectivity index (χ3n) is 5.05. The number of allylic oxidation sites excluding steroid dienone is 3. The topological polar surface area (TPSA) is 57.5 Å². The van der Waals surface area contributed by atoms with E-state index in [0.717, 1.165) is 30.4 Å². The van der Waals surface area contributed by atoms with Crippen LogP contribution in [-0.2, 0) is 4.79 Å². The van der Waals surface area contributed by atoms with Gasteiger partial charge in [0.25, 0.3) is 0 Å². The quantitative estimate of drug-likeness (QED) is 0.703. The minimum atomic E-state index is -0.141. The Balaban J connectivity index is 2.47. The zero-order chi connectivity index (χ0) is 13.6. The van der Waals surface area contributed by atoms with Crippen molar-refractivity contribution >= 4 is 5.78 Å². The number of rotatable bonds is 1. The number of aliphatic hydroxyl groups is 2. The number of hydrogen-bond donors (Lipinski definition) is 2. The van der Waals surface area contributed by atoms with Crippen LogP contribution in [0, 0.1) is 10.8 Å². The summed E-state index contributed by atoms with van der Waals surface area (Å²) >= 11 is 0. The van der Waals surface area contributed by atoms with Gasteiger partial charge in [-0.3, -0.25) is 4.79 Å². The number of ketones is 1. The van der Waals surface area contributed by atoms with Crippen LogP contribution in [-0.4, -0.2) is 22.6 Å². The van der Waals surface area contributed by atoms with Gasteiger partial charge < -0.3 is 10.2 Å². The minimum Gasteiger partial charge on any atom is -0.504 e. The predicted octanol–water partition coefficient (Wildman–Crippen LogP) is 2.91. The second kappa shape index (κ2) is 4.23. The zero-order valence-corrected chi connectivity index (χ0v) is 11.4. The Morgan fingerprint density at radius 1 is 1.39 bits per heavy atom. The molecule has 0 aromatic heterocycles. The highest BCUT2D eigenvalue weighted by Crippen LogP contribution is 2.58. The van der Waals surface area contributed by atoms with Gasteiger partial charge >= 0.3 is 0 Å². The van der Waals surface area contributed by atoms with E-state index in [-0.39, 0.29) is 29.0 Å². The van der Waals surface area contributed by atoms with Gasteiger partial charge in [0.05, 0.1) is 6.61 Å². The largest absolute Gasteiger partial charge is 0.504 e. The Bertz CT molecular complexity index is 443. The van der Waals surface area contributed by atoms with E-state index in [1.165, 1.54) is 0 Å². The summed E-state index contributed by atoms with van der Waals surface area (Å²) in [6, 6.07) is 0. The molecule has 0 bridgehead atoms. The molecule has 100 valence electrons. The predicted molar refractivity (Wildman–Crippen MR) is 70.2 cm³/mol. The first-order chi connectivity index (χ1) is 8.34. The number of carbonyl (C=O) groups is 1. The molecular weight excluding hydrogens is 228 g/mol. The van der Waals surface area contributed by atoms with Crippen molar-refractivity contribution in [2.45, 2.75) is 46.5 Å². The summed E-state index contributed by atoms with van der Waals surface area (Å²) in [6.07, 6.45) is 5.03. The lowest BCUT2D eigenvalue weighted by Crippen LogP contribution is -2.46. The first-order valence-corrected chi connectivity index (χ1v) is 6.56. The van der Waals surface area contributed by atoms with Crippen molar-refractivity contribution in [3.05, 3.63) is 23.0 Å². The average molecular weight is 250 g/mol. The van der Waals surface area contributed by atoms with E-state index < -0.39 is 0 Å². The Kier molecular flexibility index (Phi) is 3.14. The van der Waals surface area contributed by atoms with Gasteiger partial charge in [0.1, 0.15) is 0 Å². The van der Waals surface area contributed by atoms with Crippen LogP contribution in [0.1, 0.15) is 46.5 Å². The molecular formula is C15H22O3. The number of Topliss-reactive ketones (excluding diaryl/α,β-unsaturated/α-hetero) is 1. The lowest BCUT2D eigenvalue weighted by molar-refractivity contribution is -0.124. The fourth-order valence-corrected chi connectivity index (χ4v) is 3.59. The van der Waals surface area contributed by atoms with Gasteiger partial charge in [-0.2, -0.15) is 0 Å². The molecule has 0 heterocycles. The minimum absolute atomic E-state index is 0.0322. The number of aliphatic hydroxyl groups excluding tert-OH is 2. The van der Waals surface area contributed by atoms with Crippen molar-refractivity contribution in [1.82, 2.24) is 0 Å². The normalized spacial score (nSPS) is 31.8. The molecule has 0 aliphatic heterocycles. The fourth-order valence-electron chi connectivity index (χ4n) is 3.59. The van der Waals surface area contributed by atoms with E-state index in [1.807, 2.05) is 6.92 Å². The SMILES string of the molecule is CC1=C(O)C(=O)CC(C)(C)C12CC=C(CO)CC2. The van der Waals surface area contributed by atoms with Crippen LogP contribution in [0.5, 0.6) is 0 Å². The van der Waals surface area contributed by atoms with E-state index in [9.17, 15) is 15.0 Å². The third kappa shape index (κ3) is 1.72. The summed E-state index contributed by atoms with van der Waals surface area (Å²) in [5.74, 6) is -0.171. The molecule has 3 nitrogen and oxygen atoms in total. The molecule has 0 amide bonds. The van der Waals surface area contributed by atoms with E-state index in [4.69, 9.17) is 0 Å². The van der Waals surface area contributed by atoms with Crippen molar-refractivity contribution in [3.8, 4) is 0 Å². The lowest BCUT2D eigenvalue weighted by Gasteiger charge is -2.51. The molecule has 2 aliphatic carbocycles. The van der Waals surface area contributed by atoms with Crippen LogP contribution in [0.2, 0.25) is 0 Å². The zero-order valence-electron chi connectivity index (χ0n) is 11.4. The molecule has 0 saturated heterocycles. The Morgan fingerprint density at radius 2 is 2.06 bits per heavy atom. The van der Waals surface area contributed by atoms with Crippen molar-refractivity contribution in [2.75, 3.05) is 6.61 Å². The highest BCUT2D eigenvalue weighted by molar-refractivity contribution is 5.95. The number of carbonyl (C=O) groups excluding carboxylic acids is 1. The monoisotopic (exact) mass is 250 g/mol. The summed E-state index contributed by atoms with van der Waals surface area (Å²) in [4.78, 5) is 11.8. The van der Waals surface area contributed by atoms with Crippen LogP contribution < -0.4 is 0 Å². The Morgan fingerprint density at radius 3 is 2.56 bits per heavy atom. The van der Waals surface area contributed by atoms with Crippen LogP contribution in [0.15, 0.2) is 23.0 Å². The van der Waals surface area contributed by atoms with E-state index in [1.54, 1.807) is 0 Å². The van der Waals surface area contributed by atoms with Gasteiger partial charge in [-0.25, -0.2) is 0 Å². The van der Waals surface area contributed by atoms with Crippen molar-refractivity contribution in [1.29, 1.82) is 0 Å². The van der Waals surface area contributed by atoms with Crippen molar-refractivity contribution in [3.63, 3.8) is 0 Å². The maximum absolute atomic E-state index is 11.8. The maximum Gasteiger partial charge on any atom is 0.197 e. The molecule has 0 aromatic rings. The molecule has 2 rings (SSSR count). The highest BCUT2D eigenvalue weighted by Gasteiger charge is 2.52. The molecule has 1 atom stereocenters.